The van der Waals surface area contributed by atoms with E-state index in [0.717, 1.165) is 41.4 Å². The highest BCUT2D eigenvalue weighted by Crippen LogP contribution is 2.20. The van der Waals surface area contributed by atoms with E-state index in [2.05, 4.69) is 101 Å². The lowest BCUT2D eigenvalue weighted by molar-refractivity contribution is 0.0955. The number of aryl methyl sites for hydroxylation is 1. The zero-order valence-electron chi connectivity index (χ0n) is 17.8. The second-order valence-corrected chi connectivity index (χ2v) is 8.30. The van der Waals surface area contributed by atoms with Crippen molar-refractivity contribution in [1.82, 2.24) is 9.99 Å². The van der Waals surface area contributed by atoms with Gasteiger partial charge in [-0.15, -0.1) is 0 Å². The monoisotopic (exact) mass is 514 g/mol. The molecule has 1 aromatic heterocycles. The summed E-state index contributed by atoms with van der Waals surface area (Å²) in [6.45, 7) is 10.2. The molecule has 0 unspecified atom stereocenters. The van der Waals surface area contributed by atoms with E-state index in [9.17, 15) is 4.79 Å². The Balaban J connectivity index is 1.70. The maximum absolute atomic E-state index is 12.4. The number of rotatable bonds is 7. The van der Waals surface area contributed by atoms with Crippen LogP contribution >= 0.6 is 22.6 Å². The smallest absolute Gasteiger partial charge is 0.271 e. The summed E-state index contributed by atoms with van der Waals surface area (Å²) in [5.41, 5.74) is 8.62. The fourth-order valence-electron chi connectivity index (χ4n) is 3.54. The van der Waals surface area contributed by atoms with Gasteiger partial charge in [0, 0.05) is 50.5 Å². The molecule has 0 saturated heterocycles. The summed E-state index contributed by atoms with van der Waals surface area (Å²) < 4.78 is 3.39. The predicted octanol–water partition coefficient (Wildman–Crippen LogP) is 5.31. The number of aromatic nitrogens is 1. The molecular weight excluding hydrogens is 487 g/mol. The minimum absolute atomic E-state index is 0.219. The molecule has 0 spiro atoms. The topological polar surface area (TPSA) is 49.6 Å². The van der Waals surface area contributed by atoms with Crippen molar-refractivity contribution in [2.45, 2.75) is 27.7 Å². The predicted molar refractivity (Wildman–Crippen MR) is 133 cm³/mol. The summed E-state index contributed by atoms with van der Waals surface area (Å²) in [7, 11) is 0. The maximum atomic E-state index is 12.4. The standard InChI is InChI=1S/C24H27IN4O/c1-5-28(6-2)22-11-7-19(8-12-22)24(30)27-26-16-20-15-17(3)29(18(20)4)23-13-9-21(25)10-14-23/h7-16H,5-6H2,1-4H3,(H,27,30)/b26-16+. The number of hydrogen-bond acceptors (Lipinski definition) is 3. The lowest BCUT2D eigenvalue weighted by Gasteiger charge is -2.20. The fourth-order valence-corrected chi connectivity index (χ4v) is 3.90. The molecule has 30 heavy (non-hydrogen) atoms. The Hall–Kier alpha value is -2.61. The zero-order chi connectivity index (χ0) is 21.7. The highest BCUT2D eigenvalue weighted by atomic mass is 127. The van der Waals surface area contributed by atoms with Crippen molar-refractivity contribution in [3.63, 3.8) is 0 Å². The number of hydrazone groups is 1. The van der Waals surface area contributed by atoms with E-state index < -0.39 is 0 Å². The van der Waals surface area contributed by atoms with Crippen LogP contribution < -0.4 is 10.3 Å². The van der Waals surface area contributed by atoms with E-state index in [0.29, 0.717) is 5.56 Å². The van der Waals surface area contributed by atoms with Crippen LogP contribution in [0.4, 0.5) is 5.69 Å². The van der Waals surface area contributed by atoms with Gasteiger partial charge in [0.15, 0.2) is 0 Å². The van der Waals surface area contributed by atoms with Crippen molar-refractivity contribution in [3.8, 4) is 5.69 Å². The van der Waals surface area contributed by atoms with Gasteiger partial charge in [-0.2, -0.15) is 5.10 Å². The third-order valence-electron chi connectivity index (χ3n) is 5.18. The second-order valence-electron chi connectivity index (χ2n) is 7.06. The van der Waals surface area contributed by atoms with Crippen LogP contribution in [0.3, 0.4) is 0 Å². The SMILES string of the molecule is CCN(CC)c1ccc(C(=O)N/N=C/c2cc(C)n(-c3ccc(I)cc3)c2C)cc1. The highest BCUT2D eigenvalue weighted by molar-refractivity contribution is 14.1. The molecule has 1 amide bonds. The number of anilines is 1. The molecule has 0 atom stereocenters. The summed E-state index contributed by atoms with van der Waals surface area (Å²) in [6, 6.07) is 18.1. The molecule has 0 saturated carbocycles. The number of hydrogen-bond donors (Lipinski definition) is 1. The molecule has 3 aromatic rings. The molecular formula is C24H27IN4O. The molecule has 0 aliphatic carbocycles. The Bertz CT molecular complexity index is 1030. The highest BCUT2D eigenvalue weighted by Gasteiger charge is 2.10. The number of amides is 1. The molecule has 156 valence electrons. The van der Waals surface area contributed by atoms with Crippen LogP contribution in [-0.4, -0.2) is 29.8 Å². The zero-order valence-corrected chi connectivity index (χ0v) is 20.0. The van der Waals surface area contributed by atoms with E-state index in [1.165, 1.54) is 3.57 Å². The average molecular weight is 514 g/mol. The third-order valence-corrected chi connectivity index (χ3v) is 5.90. The Labute approximate surface area is 191 Å². The van der Waals surface area contributed by atoms with Gasteiger partial charge in [0.05, 0.1) is 6.21 Å². The number of nitrogens with one attached hydrogen (secondary N) is 1. The van der Waals surface area contributed by atoms with Gasteiger partial charge in [0.25, 0.3) is 5.91 Å². The van der Waals surface area contributed by atoms with Gasteiger partial charge in [-0.1, -0.05) is 0 Å². The van der Waals surface area contributed by atoms with Crippen molar-refractivity contribution in [3.05, 3.63) is 80.7 Å². The van der Waals surface area contributed by atoms with E-state index in [-0.39, 0.29) is 5.91 Å². The Kier molecular flexibility index (Phi) is 7.31. The van der Waals surface area contributed by atoms with Gasteiger partial charge in [0.1, 0.15) is 0 Å². The van der Waals surface area contributed by atoms with Crippen LogP contribution in [0.15, 0.2) is 59.7 Å². The molecule has 2 aromatic carbocycles. The summed E-state index contributed by atoms with van der Waals surface area (Å²) in [5.74, 6) is -0.219. The first kappa shape index (κ1) is 22.1. The van der Waals surface area contributed by atoms with Gasteiger partial charge in [-0.3, -0.25) is 4.79 Å². The Morgan fingerprint density at radius 2 is 1.70 bits per heavy atom. The lowest BCUT2D eigenvalue weighted by Crippen LogP contribution is -2.22. The van der Waals surface area contributed by atoms with E-state index in [1.807, 2.05) is 24.3 Å². The summed E-state index contributed by atoms with van der Waals surface area (Å²) >= 11 is 2.30. The summed E-state index contributed by atoms with van der Waals surface area (Å²) in [4.78, 5) is 14.7. The number of nitrogens with zero attached hydrogens (tertiary/aromatic N) is 3. The average Bonchev–Trinajstić information content (AvgIpc) is 3.03. The van der Waals surface area contributed by atoms with Gasteiger partial charge >= 0.3 is 0 Å². The van der Waals surface area contributed by atoms with Crippen molar-refractivity contribution >= 4 is 40.4 Å². The minimum atomic E-state index is -0.219. The van der Waals surface area contributed by atoms with Crippen LogP contribution in [0.2, 0.25) is 0 Å². The Morgan fingerprint density at radius 1 is 1.07 bits per heavy atom. The van der Waals surface area contributed by atoms with Gasteiger partial charge < -0.3 is 9.47 Å². The molecule has 0 radical (unpaired) electrons. The Morgan fingerprint density at radius 3 is 2.30 bits per heavy atom. The van der Waals surface area contributed by atoms with Gasteiger partial charge in [-0.05, 0) is 105 Å². The van der Waals surface area contributed by atoms with E-state index in [1.54, 1.807) is 6.21 Å². The molecule has 1 N–H and O–H groups in total. The van der Waals surface area contributed by atoms with E-state index >= 15 is 0 Å². The largest absolute Gasteiger partial charge is 0.372 e. The third kappa shape index (κ3) is 4.92. The normalized spacial score (nSPS) is 11.1. The molecule has 0 bridgehead atoms. The van der Waals surface area contributed by atoms with Crippen LogP contribution in [0.5, 0.6) is 0 Å². The van der Waals surface area contributed by atoms with Crippen LogP contribution in [0, 0.1) is 17.4 Å². The van der Waals surface area contributed by atoms with Gasteiger partial charge in [0.2, 0.25) is 0 Å². The van der Waals surface area contributed by atoms with Crippen molar-refractivity contribution in [2.24, 2.45) is 5.10 Å². The molecule has 6 heteroatoms. The van der Waals surface area contributed by atoms with Crippen molar-refractivity contribution in [2.75, 3.05) is 18.0 Å². The quantitative estimate of drug-likeness (QED) is 0.264. The molecule has 5 nitrogen and oxygen atoms in total. The fraction of sp³-hybridized carbons (Fsp3) is 0.250. The number of benzene rings is 2. The molecule has 1 heterocycles. The lowest BCUT2D eigenvalue weighted by atomic mass is 10.2. The molecule has 0 aliphatic rings. The first-order valence-corrected chi connectivity index (χ1v) is 11.2. The van der Waals surface area contributed by atoms with Crippen LogP contribution in [-0.2, 0) is 0 Å². The van der Waals surface area contributed by atoms with E-state index in [4.69, 9.17) is 0 Å². The van der Waals surface area contributed by atoms with Crippen molar-refractivity contribution in [1.29, 1.82) is 0 Å². The van der Waals surface area contributed by atoms with Crippen LogP contribution in [0.25, 0.3) is 5.69 Å². The summed E-state index contributed by atoms with van der Waals surface area (Å²) in [5, 5.41) is 4.18. The van der Waals surface area contributed by atoms with Crippen molar-refractivity contribution < 1.29 is 4.79 Å². The number of carbonyl (C=O) groups is 1. The van der Waals surface area contributed by atoms with Gasteiger partial charge in [-0.25, -0.2) is 5.43 Å². The van der Waals surface area contributed by atoms with Crippen LogP contribution in [0.1, 0.15) is 41.2 Å². The second kappa shape index (κ2) is 9.93. The first-order chi connectivity index (χ1) is 14.4. The first-order valence-electron chi connectivity index (χ1n) is 10.1. The number of carbonyl (C=O) groups excluding carboxylic acids is 1. The maximum Gasteiger partial charge on any atom is 0.271 e. The molecule has 3 rings (SSSR count). The number of halogens is 1. The molecule has 0 fully saturated rings. The minimum Gasteiger partial charge on any atom is -0.372 e. The summed E-state index contributed by atoms with van der Waals surface area (Å²) in [6.07, 6.45) is 1.70. The molecule has 0 aliphatic heterocycles.